The van der Waals surface area contributed by atoms with Gasteiger partial charge in [0.25, 0.3) is 0 Å². The maximum absolute atomic E-state index is 5.08. The van der Waals surface area contributed by atoms with Gasteiger partial charge < -0.3 is 14.2 Å². The predicted molar refractivity (Wildman–Crippen MR) is 95.4 cm³/mol. The number of methoxy groups -OCH3 is 2. The zero-order chi connectivity index (χ0) is 17.4. The molecule has 0 N–H and O–H groups in total. The lowest BCUT2D eigenvalue weighted by Crippen LogP contribution is -2.14. The van der Waals surface area contributed by atoms with Crippen molar-refractivity contribution in [2.45, 2.75) is 59.7 Å². The number of rotatable bonds is 7. The molecule has 1 rings (SSSR count). The summed E-state index contributed by atoms with van der Waals surface area (Å²) in [5.41, 5.74) is 1.77. The Bertz CT molecular complexity index is 323. The summed E-state index contributed by atoms with van der Waals surface area (Å²) in [4.78, 5) is 0. The van der Waals surface area contributed by atoms with E-state index in [1.165, 1.54) is 12.0 Å². The quantitative estimate of drug-likeness (QED) is 0.521. The lowest BCUT2D eigenvalue weighted by atomic mass is 9.82. The van der Waals surface area contributed by atoms with E-state index in [-0.39, 0.29) is 6.29 Å². The van der Waals surface area contributed by atoms with Gasteiger partial charge in [0.1, 0.15) is 0 Å². The van der Waals surface area contributed by atoms with Gasteiger partial charge >= 0.3 is 0 Å². The zero-order valence-electron chi connectivity index (χ0n) is 15.8. The first kappa shape index (κ1) is 23.4. The van der Waals surface area contributed by atoms with Gasteiger partial charge in [-0.3, -0.25) is 0 Å². The molecule has 1 aromatic rings. The minimum Gasteiger partial charge on any atom is -0.382 e. The second-order valence-electron chi connectivity index (χ2n) is 5.27. The number of ether oxygens (including phenoxy) is 3. The molecular formula is C19H36O3. The van der Waals surface area contributed by atoms with Crippen LogP contribution in [0.1, 0.15) is 53.5 Å². The van der Waals surface area contributed by atoms with Crippen molar-refractivity contribution in [2.24, 2.45) is 0 Å². The third kappa shape index (κ3) is 11.7. The van der Waals surface area contributed by atoms with E-state index in [1.54, 1.807) is 14.2 Å². The summed E-state index contributed by atoms with van der Waals surface area (Å²) in [6.07, 6.45) is 1.07. The molecule has 0 bridgehead atoms. The van der Waals surface area contributed by atoms with Crippen molar-refractivity contribution in [3.05, 3.63) is 35.9 Å². The Kier molecular flexibility index (Phi) is 15.9. The van der Waals surface area contributed by atoms with Crippen LogP contribution in [-0.2, 0) is 19.6 Å². The van der Waals surface area contributed by atoms with Crippen LogP contribution < -0.4 is 0 Å². The lowest BCUT2D eigenvalue weighted by molar-refractivity contribution is -0.119. The van der Waals surface area contributed by atoms with Gasteiger partial charge in [-0.25, -0.2) is 0 Å². The maximum atomic E-state index is 5.08. The first-order chi connectivity index (χ1) is 10.5. The first-order valence-electron chi connectivity index (χ1n) is 8.16. The molecule has 1 atom stereocenters. The summed E-state index contributed by atoms with van der Waals surface area (Å²) < 4.78 is 14.7. The summed E-state index contributed by atoms with van der Waals surface area (Å²) in [5.74, 6) is 0. The molecule has 0 saturated carbocycles. The van der Waals surface area contributed by atoms with Crippen molar-refractivity contribution in [3.8, 4) is 0 Å². The molecular weight excluding hydrogens is 276 g/mol. The highest BCUT2D eigenvalue weighted by Crippen LogP contribution is 2.25. The van der Waals surface area contributed by atoms with Crippen LogP contribution in [0, 0.1) is 0 Å². The maximum Gasteiger partial charge on any atom is 0.154 e. The number of hydrogen-bond acceptors (Lipinski definition) is 3. The van der Waals surface area contributed by atoms with E-state index in [0.717, 1.165) is 0 Å². The van der Waals surface area contributed by atoms with Gasteiger partial charge in [-0.15, -0.1) is 0 Å². The molecule has 3 nitrogen and oxygen atoms in total. The number of hydrogen-bond donors (Lipinski definition) is 0. The van der Waals surface area contributed by atoms with Gasteiger partial charge in [0.15, 0.2) is 6.29 Å². The average Bonchev–Trinajstić information content (AvgIpc) is 2.58. The Morgan fingerprint density at radius 1 is 1.00 bits per heavy atom. The second-order valence-corrected chi connectivity index (χ2v) is 5.27. The fourth-order valence-corrected chi connectivity index (χ4v) is 1.46. The van der Waals surface area contributed by atoms with Crippen LogP contribution in [0.3, 0.4) is 0 Å². The average molecular weight is 312 g/mol. The van der Waals surface area contributed by atoms with E-state index < -0.39 is 0 Å². The van der Waals surface area contributed by atoms with Crippen LogP contribution in [0.25, 0.3) is 0 Å². The largest absolute Gasteiger partial charge is 0.382 e. The van der Waals surface area contributed by atoms with E-state index in [0.29, 0.717) is 18.6 Å². The van der Waals surface area contributed by atoms with Gasteiger partial charge in [-0.2, -0.15) is 0 Å². The summed E-state index contributed by atoms with van der Waals surface area (Å²) in [5, 5.41) is 0. The topological polar surface area (TPSA) is 27.7 Å². The van der Waals surface area contributed by atoms with Gasteiger partial charge in [0, 0.05) is 14.2 Å². The standard InChI is InChI=1S/C11H16.C6H14O3.C2H6/c1-4-11(2,3)10-8-6-5-7-9-10;1-6(8-3)9-5-4-7-2;1-2/h5-9H,4H2,1-3H3;6H,4-5H2,1-3H3;1-2H3. The molecule has 0 spiro atoms. The molecule has 0 amide bonds. The highest BCUT2D eigenvalue weighted by Gasteiger charge is 2.16. The van der Waals surface area contributed by atoms with Crippen LogP contribution in [0.15, 0.2) is 30.3 Å². The van der Waals surface area contributed by atoms with Crippen LogP contribution in [0.4, 0.5) is 0 Å². The van der Waals surface area contributed by atoms with Gasteiger partial charge in [0.2, 0.25) is 0 Å². The minimum atomic E-state index is -0.125. The molecule has 0 heterocycles. The molecule has 1 aromatic carbocycles. The zero-order valence-corrected chi connectivity index (χ0v) is 15.8. The highest BCUT2D eigenvalue weighted by atomic mass is 16.7. The summed E-state index contributed by atoms with van der Waals surface area (Å²) in [6.45, 7) is 13.8. The van der Waals surface area contributed by atoms with Crippen LogP contribution >= 0.6 is 0 Å². The van der Waals surface area contributed by atoms with Crippen LogP contribution in [-0.4, -0.2) is 33.7 Å². The summed E-state index contributed by atoms with van der Waals surface area (Å²) in [7, 11) is 3.25. The Morgan fingerprint density at radius 2 is 1.55 bits per heavy atom. The lowest BCUT2D eigenvalue weighted by Gasteiger charge is -2.22. The Hall–Kier alpha value is -0.900. The third-order valence-electron chi connectivity index (χ3n) is 3.41. The minimum absolute atomic E-state index is 0.125. The molecule has 0 aliphatic rings. The summed E-state index contributed by atoms with van der Waals surface area (Å²) >= 11 is 0. The first-order valence-corrected chi connectivity index (χ1v) is 8.16. The Morgan fingerprint density at radius 3 is 1.95 bits per heavy atom. The smallest absolute Gasteiger partial charge is 0.154 e. The molecule has 0 aromatic heterocycles. The van der Waals surface area contributed by atoms with E-state index in [2.05, 4.69) is 51.1 Å². The van der Waals surface area contributed by atoms with Gasteiger partial charge in [-0.05, 0) is 24.3 Å². The van der Waals surface area contributed by atoms with Crippen molar-refractivity contribution >= 4 is 0 Å². The van der Waals surface area contributed by atoms with Gasteiger partial charge in [0.05, 0.1) is 13.2 Å². The Balaban J connectivity index is 0. The molecule has 0 aliphatic carbocycles. The molecule has 22 heavy (non-hydrogen) atoms. The fourth-order valence-electron chi connectivity index (χ4n) is 1.46. The monoisotopic (exact) mass is 312 g/mol. The third-order valence-corrected chi connectivity index (χ3v) is 3.41. The van der Waals surface area contributed by atoms with Crippen molar-refractivity contribution in [2.75, 3.05) is 27.4 Å². The SMILES string of the molecule is CC.CCC(C)(C)c1ccccc1.COCCOC(C)OC. The molecule has 0 aliphatic heterocycles. The normalized spacial score (nSPS) is 11.6. The molecule has 0 fully saturated rings. The van der Waals surface area contributed by atoms with E-state index in [4.69, 9.17) is 14.2 Å². The van der Waals surface area contributed by atoms with Crippen LogP contribution in [0.2, 0.25) is 0 Å². The molecule has 1 unspecified atom stereocenters. The van der Waals surface area contributed by atoms with Gasteiger partial charge in [-0.1, -0.05) is 65.0 Å². The fraction of sp³-hybridized carbons (Fsp3) is 0.684. The predicted octanol–water partition coefficient (Wildman–Crippen LogP) is 5.04. The highest BCUT2D eigenvalue weighted by molar-refractivity contribution is 5.22. The Labute approximate surface area is 138 Å². The molecule has 0 radical (unpaired) electrons. The molecule has 3 heteroatoms. The van der Waals surface area contributed by atoms with Crippen molar-refractivity contribution in [1.82, 2.24) is 0 Å². The molecule has 0 saturated heterocycles. The van der Waals surface area contributed by atoms with E-state index >= 15 is 0 Å². The van der Waals surface area contributed by atoms with E-state index in [1.807, 2.05) is 20.8 Å². The number of benzene rings is 1. The van der Waals surface area contributed by atoms with Crippen molar-refractivity contribution < 1.29 is 14.2 Å². The molecule has 130 valence electrons. The van der Waals surface area contributed by atoms with Crippen molar-refractivity contribution in [3.63, 3.8) is 0 Å². The summed E-state index contributed by atoms with van der Waals surface area (Å²) in [6, 6.07) is 10.7. The van der Waals surface area contributed by atoms with E-state index in [9.17, 15) is 0 Å². The second kappa shape index (κ2) is 15.0. The van der Waals surface area contributed by atoms with Crippen molar-refractivity contribution in [1.29, 1.82) is 0 Å². The van der Waals surface area contributed by atoms with Crippen LogP contribution in [0.5, 0.6) is 0 Å².